The van der Waals surface area contributed by atoms with Crippen LogP contribution < -0.4 is 0 Å². The number of halogens is 1. The Morgan fingerprint density at radius 3 is 2.09 bits per heavy atom. The molecular formula is C18H25ClO4. The van der Waals surface area contributed by atoms with E-state index in [9.17, 15) is 9.59 Å². The maximum Gasteiger partial charge on any atom is 0.323 e. The molecule has 0 unspecified atom stereocenters. The van der Waals surface area contributed by atoms with Crippen molar-refractivity contribution in [3.8, 4) is 0 Å². The van der Waals surface area contributed by atoms with Crippen LogP contribution in [0.1, 0.15) is 52.0 Å². The molecule has 0 bridgehead atoms. The lowest BCUT2D eigenvalue weighted by atomic mass is 9.82. The smallest absolute Gasteiger partial charge is 0.323 e. The first-order valence-corrected chi connectivity index (χ1v) is 8.46. The van der Waals surface area contributed by atoms with Gasteiger partial charge in [0.15, 0.2) is 5.41 Å². The van der Waals surface area contributed by atoms with E-state index >= 15 is 0 Å². The Hall–Kier alpha value is -1.55. The summed E-state index contributed by atoms with van der Waals surface area (Å²) in [5, 5.41) is 0.621. The molecule has 0 amide bonds. The van der Waals surface area contributed by atoms with Crippen LogP contribution in [0.15, 0.2) is 24.3 Å². The number of carbonyl (C=O) groups excluding carboxylic acids is 2. The average Bonchev–Trinajstić information content (AvgIpc) is 2.56. The summed E-state index contributed by atoms with van der Waals surface area (Å²) < 4.78 is 10.6. The van der Waals surface area contributed by atoms with E-state index < -0.39 is 17.4 Å². The van der Waals surface area contributed by atoms with Gasteiger partial charge in [-0.2, -0.15) is 0 Å². The maximum absolute atomic E-state index is 12.5. The summed E-state index contributed by atoms with van der Waals surface area (Å²) in [5.74, 6) is -1.02. The van der Waals surface area contributed by atoms with Crippen molar-refractivity contribution in [3.05, 3.63) is 34.9 Å². The third kappa shape index (κ3) is 5.24. The number of benzene rings is 1. The van der Waals surface area contributed by atoms with Gasteiger partial charge in [0.05, 0.1) is 6.61 Å². The van der Waals surface area contributed by atoms with Gasteiger partial charge in [0.1, 0.15) is 6.61 Å². The molecule has 23 heavy (non-hydrogen) atoms. The van der Waals surface area contributed by atoms with Crippen molar-refractivity contribution < 1.29 is 19.1 Å². The molecule has 0 aliphatic rings. The fourth-order valence-electron chi connectivity index (χ4n) is 2.23. The molecule has 128 valence electrons. The van der Waals surface area contributed by atoms with Crippen LogP contribution >= 0.6 is 11.6 Å². The van der Waals surface area contributed by atoms with E-state index in [0.29, 0.717) is 24.5 Å². The molecule has 0 N–H and O–H groups in total. The summed E-state index contributed by atoms with van der Waals surface area (Å²) in [6, 6.07) is 7.04. The molecule has 0 aliphatic heterocycles. The SMILES string of the molecule is CCCCOC(=O)C(CC)(CC)C(=O)OCc1ccc(Cl)cc1. The Labute approximate surface area is 143 Å². The van der Waals surface area contributed by atoms with Gasteiger partial charge in [-0.15, -0.1) is 0 Å². The van der Waals surface area contributed by atoms with E-state index in [1.807, 2.05) is 6.92 Å². The van der Waals surface area contributed by atoms with Crippen LogP contribution in [0.3, 0.4) is 0 Å². The van der Waals surface area contributed by atoms with Crippen LogP contribution in [-0.2, 0) is 25.7 Å². The van der Waals surface area contributed by atoms with Crippen LogP contribution in [0.2, 0.25) is 5.02 Å². The summed E-state index contributed by atoms with van der Waals surface area (Å²) >= 11 is 5.82. The minimum absolute atomic E-state index is 0.111. The summed E-state index contributed by atoms with van der Waals surface area (Å²) in [6.07, 6.45) is 2.43. The van der Waals surface area contributed by atoms with Gasteiger partial charge in [-0.25, -0.2) is 0 Å². The molecule has 0 fully saturated rings. The molecule has 1 aromatic carbocycles. The van der Waals surface area contributed by atoms with E-state index in [0.717, 1.165) is 18.4 Å². The summed E-state index contributed by atoms with van der Waals surface area (Å²) in [4.78, 5) is 24.9. The number of hydrogen-bond donors (Lipinski definition) is 0. The number of ether oxygens (including phenoxy) is 2. The molecule has 0 saturated heterocycles. The fraction of sp³-hybridized carbons (Fsp3) is 0.556. The second-order valence-electron chi connectivity index (χ2n) is 5.48. The molecule has 4 nitrogen and oxygen atoms in total. The lowest BCUT2D eigenvalue weighted by Gasteiger charge is -2.27. The van der Waals surface area contributed by atoms with Crippen LogP contribution in [0, 0.1) is 5.41 Å². The van der Waals surface area contributed by atoms with Crippen molar-refractivity contribution >= 4 is 23.5 Å². The second-order valence-corrected chi connectivity index (χ2v) is 5.92. The van der Waals surface area contributed by atoms with E-state index in [4.69, 9.17) is 21.1 Å². The Morgan fingerprint density at radius 2 is 1.57 bits per heavy atom. The van der Waals surface area contributed by atoms with Crippen molar-refractivity contribution in [1.82, 2.24) is 0 Å². The highest BCUT2D eigenvalue weighted by Gasteiger charge is 2.45. The number of hydrogen-bond acceptors (Lipinski definition) is 4. The van der Waals surface area contributed by atoms with Gasteiger partial charge in [0.2, 0.25) is 0 Å². The van der Waals surface area contributed by atoms with E-state index in [2.05, 4.69) is 0 Å². The number of rotatable bonds is 9. The average molecular weight is 341 g/mol. The van der Waals surface area contributed by atoms with Crippen molar-refractivity contribution in [2.45, 2.75) is 53.1 Å². The van der Waals surface area contributed by atoms with E-state index in [-0.39, 0.29) is 6.61 Å². The summed E-state index contributed by atoms with van der Waals surface area (Å²) in [5.41, 5.74) is -0.400. The van der Waals surface area contributed by atoms with Crippen molar-refractivity contribution in [3.63, 3.8) is 0 Å². The highest BCUT2D eigenvalue weighted by Crippen LogP contribution is 2.30. The molecule has 0 radical (unpaired) electrons. The highest BCUT2D eigenvalue weighted by atomic mass is 35.5. The molecule has 1 aromatic rings. The van der Waals surface area contributed by atoms with Gasteiger partial charge in [-0.05, 0) is 37.0 Å². The summed E-state index contributed by atoms with van der Waals surface area (Å²) in [7, 11) is 0. The molecule has 0 heterocycles. The predicted molar refractivity (Wildman–Crippen MR) is 90.1 cm³/mol. The number of carbonyl (C=O) groups is 2. The third-order valence-corrected chi connectivity index (χ3v) is 4.25. The van der Waals surface area contributed by atoms with Crippen molar-refractivity contribution in [2.24, 2.45) is 5.41 Å². The van der Waals surface area contributed by atoms with Gasteiger partial charge in [0.25, 0.3) is 0 Å². The van der Waals surface area contributed by atoms with Gasteiger partial charge in [-0.1, -0.05) is 50.9 Å². The van der Waals surface area contributed by atoms with Crippen LogP contribution in [0.5, 0.6) is 0 Å². The quantitative estimate of drug-likeness (QED) is 0.376. The van der Waals surface area contributed by atoms with Gasteiger partial charge < -0.3 is 9.47 Å². The monoisotopic (exact) mass is 340 g/mol. The van der Waals surface area contributed by atoms with Crippen molar-refractivity contribution in [1.29, 1.82) is 0 Å². The summed E-state index contributed by atoms with van der Waals surface area (Å²) in [6.45, 7) is 6.06. The largest absolute Gasteiger partial charge is 0.465 e. The molecule has 0 spiro atoms. The molecule has 5 heteroatoms. The van der Waals surface area contributed by atoms with Gasteiger partial charge >= 0.3 is 11.9 Å². The molecule has 0 atom stereocenters. The molecule has 1 rings (SSSR count). The topological polar surface area (TPSA) is 52.6 Å². The first-order chi connectivity index (χ1) is 11.0. The zero-order valence-corrected chi connectivity index (χ0v) is 14.8. The third-order valence-electron chi connectivity index (χ3n) is 4.00. The Balaban J connectivity index is 2.72. The van der Waals surface area contributed by atoms with Crippen LogP contribution in [-0.4, -0.2) is 18.5 Å². The Morgan fingerprint density at radius 1 is 1.00 bits per heavy atom. The lowest BCUT2D eigenvalue weighted by Crippen LogP contribution is -2.41. The fourth-order valence-corrected chi connectivity index (χ4v) is 2.35. The van der Waals surface area contributed by atoms with E-state index in [1.54, 1.807) is 38.1 Å². The lowest BCUT2D eigenvalue weighted by molar-refractivity contribution is -0.174. The minimum atomic E-state index is -1.22. The number of esters is 2. The highest BCUT2D eigenvalue weighted by molar-refractivity contribution is 6.30. The normalized spacial score (nSPS) is 11.1. The predicted octanol–water partition coefficient (Wildman–Crippen LogP) is 4.53. The molecule has 0 aliphatic carbocycles. The number of unbranched alkanes of at least 4 members (excludes halogenated alkanes) is 1. The molecule has 0 saturated carbocycles. The minimum Gasteiger partial charge on any atom is -0.465 e. The molecular weight excluding hydrogens is 316 g/mol. The zero-order valence-electron chi connectivity index (χ0n) is 14.1. The van der Waals surface area contributed by atoms with Gasteiger partial charge in [-0.3, -0.25) is 9.59 Å². The van der Waals surface area contributed by atoms with E-state index in [1.165, 1.54) is 0 Å². The van der Waals surface area contributed by atoms with Crippen molar-refractivity contribution in [2.75, 3.05) is 6.61 Å². The maximum atomic E-state index is 12.5. The van der Waals surface area contributed by atoms with Crippen LogP contribution in [0.4, 0.5) is 0 Å². The first-order valence-electron chi connectivity index (χ1n) is 8.09. The second kappa shape index (κ2) is 9.56. The standard InChI is InChI=1S/C18H25ClO4/c1-4-7-12-22-16(20)18(5-2,6-3)17(21)23-13-14-8-10-15(19)11-9-14/h8-11H,4-7,12-13H2,1-3H3. The zero-order chi connectivity index (χ0) is 17.3. The Kier molecular flexibility index (Phi) is 8.10. The molecule has 0 aromatic heterocycles. The Bertz CT molecular complexity index is 506. The van der Waals surface area contributed by atoms with Crippen LogP contribution in [0.25, 0.3) is 0 Å². The first kappa shape index (κ1) is 19.5. The van der Waals surface area contributed by atoms with Gasteiger partial charge in [0, 0.05) is 5.02 Å².